The van der Waals surface area contributed by atoms with Crippen molar-refractivity contribution in [3.63, 3.8) is 0 Å². The summed E-state index contributed by atoms with van der Waals surface area (Å²) in [7, 11) is 4.58. The van der Waals surface area contributed by atoms with Crippen molar-refractivity contribution in [2.24, 2.45) is 0 Å². The highest BCUT2D eigenvalue weighted by Gasteiger charge is 2.38. The Balaban J connectivity index is 3.22. The van der Waals surface area contributed by atoms with Gasteiger partial charge in [0.2, 0.25) is 0 Å². The third kappa shape index (κ3) is 3.49. The van der Waals surface area contributed by atoms with Gasteiger partial charge in [-0.2, -0.15) is 0 Å². The van der Waals surface area contributed by atoms with Crippen LogP contribution in [-0.4, -0.2) is 40.5 Å². The maximum Gasteiger partial charge on any atom is 0.330 e. The van der Waals surface area contributed by atoms with E-state index in [4.69, 9.17) is 14.2 Å². The molecule has 20 heavy (non-hydrogen) atoms. The van der Waals surface area contributed by atoms with Gasteiger partial charge in [-0.05, 0) is 26.0 Å². The molecule has 5 nitrogen and oxygen atoms in total. The highest BCUT2D eigenvalue weighted by molar-refractivity contribution is 5.83. The van der Waals surface area contributed by atoms with E-state index in [1.807, 2.05) is 25.1 Å². The summed E-state index contributed by atoms with van der Waals surface area (Å²) in [4.78, 5) is 12.2. The van der Waals surface area contributed by atoms with E-state index in [-0.39, 0.29) is 5.97 Å². The third-order valence-corrected chi connectivity index (χ3v) is 3.27. The first kappa shape index (κ1) is 16.5. The van der Waals surface area contributed by atoms with Crippen molar-refractivity contribution >= 4 is 5.97 Å². The van der Waals surface area contributed by atoms with Crippen LogP contribution in [0.3, 0.4) is 0 Å². The van der Waals surface area contributed by atoms with Crippen LogP contribution in [0.2, 0.25) is 0 Å². The second kappa shape index (κ2) is 7.26. The molecule has 0 saturated heterocycles. The number of hydrogen-bond acceptors (Lipinski definition) is 5. The number of carbonyl (C=O) groups is 1. The average molecular weight is 281 g/mol. The lowest BCUT2D eigenvalue weighted by molar-refractivity contribution is -0.148. The molecule has 0 spiro atoms. The Bertz CT molecular complexity index is 461. The van der Waals surface area contributed by atoms with Crippen molar-refractivity contribution in [3.8, 4) is 5.75 Å². The number of methoxy groups -OCH3 is 3. The molecular formula is C15H23NO4. The molecule has 1 N–H and O–H groups in total. The van der Waals surface area contributed by atoms with Gasteiger partial charge < -0.3 is 14.2 Å². The van der Waals surface area contributed by atoms with Gasteiger partial charge in [0, 0.05) is 19.2 Å². The van der Waals surface area contributed by atoms with Crippen LogP contribution >= 0.6 is 0 Å². The van der Waals surface area contributed by atoms with Gasteiger partial charge in [-0.25, -0.2) is 4.79 Å². The fraction of sp³-hybridized carbons (Fsp3) is 0.533. The van der Waals surface area contributed by atoms with E-state index in [1.54, 1.807) is 21.1 Å². The number of aryl methyl sites for hydroxylation is 1. The molecule has 0 saturated carbocycles. The summed E-state index contributed by atoms with van der Waals surface area (Å²) in [5.74, 6) is 0.283. The Morgan fingerprint density at radius 1 is 1.30 bits per heavy atom. The Morgan fingerprint density at radius 3 is 2.55 bits per heavy atom. The van der Waals surface area contributed by atoms with Crippen molar-refractivity contribution in [1.82, 2.24) is 5.32 Å². The topological polar surface area (TPSA) is 56.8 Å². The van der Waals surface area contributed by atoms with Gasteiger partial charge in [0.15, 0.2) is 0 Å². The van der Waals surface area contributed by atoms with Crippen LogP contribution in [0, 0.1) is 6.92 Å². The number of hydrogen-bond donors (Lipinski definition) is 1. The van der Waals surface area contributed by atoms with Crippen molar-refractivity contribution in [3.05, 3.63) is 29.3 Å². The normalized spacial score (nSPS) is 13.7. The van der Waals surface area contributed by atoms with Gasteiger partial charge in [0.25, 0.3) is 0 Å². The molecule has 1 rings (SSSR count). The van der Waals surface area contributed by atoms with E-state index in [0.29, 0.717) is 18.9 Å². The third-order valence-electron chi connectivity index (χ3n) is 3.27. The molecule has 0 aromatic heterocycles. The van der Waals surface area contributed by atoms with Crippen LogP contribution in [0.25, 0.3) is 0 Å². The Hall–Kier alpha value is -1.59. The molecule has 0 amide bonds. The second-order valence-electron chi connectivity index (χ2n) is 4.74. The standard InChI is InChI=1S/C15H23NO4/c1-11-6-7-13(19-4)12(10-11)15(2,14(17)20-5)16-8-9-18-3/h6-7,10,16H,8-9H2,1-5H3. The van der Waals surface area contributed by atoms with Gasteiger partial charge in [-0.1, -0.05) is 11.6 Å². The Morgan fingerprint density at radius 2 is 2.00 bits per heavy atom. The molecular weight excluding hydrogens is 258 g/mol. The number of esters is 1. The van der Waals surface area contributed by atoms with E-state index in [1.165, 1.54) is 7.11 Å². The predicted octanol–water partition coefficient (Wildman–Crippen LogP) is 1.63. The number of rotatable bonds is 7. The minimum absolute atomic E-state index is 0.363. The van der Waals surface area contributed by atoms with E-state index < -0.39 is 5.54 Å². The molecule has 0 heterocycles. The van der Waals surface area contributed by atoms with Gasteiger partial charge in [0.05, 0.1) is 20.8 Å². The summed E-state index contributed by atoms with van der Waals surface area (Å²) in [6, 6.07) is 5.72. The van der Waals surface area contributed by atoms with Crippen molar-refractivity contribution in [2.75, 3.05) is 34.5 Å². The number of nitrogens with one attached hydrogen (secondary N) is 1. The highest BCUT2D eigenvalue weighted by Crippen LogP contribution is 2.31. The largest absolute Gasteiger partial charge is 0.496 e. The van der Waals surface area contributed by atoms with Crippen LogP contribution in [-0.2, 0) is 19.8 Å². The first-order valence-electron chi connectivity index (χ1n) is 6.47. The number of benzene rings is 1. The molecule has 0 aliphatic heterocycles. The molecule has 0 aliphatic carbocycles. The lowest BCUT2D eigenvalue weighted by Gasteiger charge is -2.30. The molecule has 1 aromatic carbocycles. The van der Waals surface area contributed by atoms with Crippen molar-refractivity contribution in [1.29, 1.82) is 0 Å². The zero-order valence-corrected chi connectivity index (χ0v) is 12.8. The minimum atomic E-state index is -0.982. The van der Waals surface area contributed by atoms with Gasteiger partial charge >= 0.3 is 5.97 Å². The first-order chi connectivity index (χ1) is 9.49. The lowest BCUT2D eigenvalue weighted by Crippen LogP contribution is -2.48. The summed E-state index contributed by atoms with van der Waals surface area (Å²) in [5.41, 5.74) is 0.817. The molecule has 1 unspecified atom stereocenters. The van der Waals surface area contributed by atoms with Crippen molar-refractivity contribution in [2.45, 2.75) is 19.4 Å². The van der Waals surface area contributed by atoms with E-state index in [9.17, 15) is 4.79 Å². The highest BCUT2D eigenvalue weighted by atomic mass is 16.5. The molecule has 0 aliphatic rings. The summed E-state index contributed by atoms with van der Waals surface area (Å²) < 4.78 is 15.3. The van der Waals surface area contributed by atoms with Crippen LogP contribution in [0.4, 0.5) is 0 Å². The van der Waals surface area contributed by atoms with Crippen LogP contribution in [0.5, 0.6) is 5.75 Å². The van der Waals surface area contributed by atoms with Crippen LogP contribution in [0.1, 0.15) is 18.1 Å². The van der Waals surface area contributed by atoms with Crippen LogP contribution in [0.15, 0.2) is 18.2 Å². The molecule has 0 fully saturated rings. The zero-order chi connectivity index (χ0) is 15.2. The summed E-state index contributed by atoms with van der Waals surface area (Å²) in [6.45, 7) is 4.78. The maximum atomic E-state index is 12.2. The SMILES string of the molecule is COCCNC(C)(C(=O)OC)c1cc(C)ccc1OC. The van der Waals surface area contributed by atoms with Crippen molar-refractivity contribution < 1.29 is 19.0 Å². The molecule has 1 aromatic rings. The summed E-state index contributed by atoms with van der Waals surface area (Å²) in [6.07, 6.45) is 0. The molecule has 5 heteroatoms. The van der Waals surface area contributed by atoms with Gasteiger partial charge in [0.1, 0.15) is 11.3 Å². The Labute approximate surface area is 120 Å². The smallest absolute Gasteiger partial charge is 0.330 e. The first-order valence-corrected chi connectivity index (χ1v) is 6.47. The quantitative estimate of drug-likeness (QED) is 0.608. The average Bonchev–Trinajstić information content (AvgIpc) is 2.46. The van der Waals surface area contributed by atoms with Gasteiger partial charge in [-0.15, -0.1) is 0 Å². The summed E-state index contributed by atoms with van der Waals surface area (Å²) >= 11 is 0. The van der Waals surface area contributed by atoms with Crippen LogP contribution < -0.4 is 10.1 Å². The number of carbonyl (C=O) groups excluding carboxylic acids is 1. The summed E-state index contributed by atoms with van der Waals surface area (Å²) in [5, 5.41) is 3.19. The molecule has 1 atom stereocenters. The molecule has 112 valence electrons. The predicted molar refractivity (Wildman–Crippen MR) is 77.0 cm³/mol. The Kier molecular flexibility index (Phi) is 5.98. The number of ether oxygens (including phenoxy) is 3. The minimum Gasteiger partial charge on any atom is -0.496 e. The van der Waals surface area contributed by atoms with E-state index in [0.717, 1.165) is 11.1 Å². The van der Waals surface area contributed by atoms with E-state index >= 15 is 0 Å². The monoisotopic (exact) mass is 281 g/mol. The maximum absolute atomic E-state index is 12.2. The zero-order valence-electron chi connectivity index (χ0n) is 12.8. The molecule has 0 radical (unpaired) electrons. The van der Waals surface area contributed by atoms with E-state index in [2.05, 4.69) is 5.32 Å². The van der Waals surface area contributed by atoms with Gasteiger partial charge in [-0.3, -0.25) is 5.32 Å². The second-order valence-corrected chi connectivity index (χ2v) is 4.74. The lowest BCUT2D eigenvalue weighted by atomic mass is 9.89. The fourth-order valence-corrected chi connectivity index (χ4v) is 2.10. The fourth-order valence-electron chi connectivity index (χ4n) is 2.10. The molecule has 0 bridgehead atoms.